The monoisotopic (exact) mass is 274 g/mol. The molecule has 0 heterocycles. The summed E-state index contributed by atoms with van der Waals surface area (Å²) >= 11 is 1.61. The van der Waals surface area contributed by atoms with E-state index in [2.05, 4.69) is 10.6 Å². The average Bonchev–Trinajstić information content (AvgIpc) is 2.29. The highest BCUT2D eigenvalue weighted by atomic mass is 32.2. The van der Waals surface area contributed by atoms with Crippen LogP contribution in [0.15, 0.2) is 0 Å². The minimum Gasteiger partial charge on any atom is -0.388 e. The Labute approximate surface area is 114 Å². The number of amides is 1. The van der Waals surface area contributed by atoms with Gasteiger partial charge in [-0.15, -0.1) is 0 Å². The Balaban J connectivity index is 2.12. The zero-order valence-electron chi connectivity index (χ0n) is 11.5. The molecule has 1 aliphatic carbocycles. The SMILES string of the molecule is CSCC(C)(O)CNCC(=O)NC1CCCCC1. The average molecular weight is 274 g/mol. The number of carbonyl (C=O) groups is 1. The fourth-order valence-corrected chi connectivity index (χ4v) is 3.06. The van der Waals surface area contributed by atoms with Gasteiger partial charge in [0.25, 0.3) is 0 Å². The van der Waals surface area contributed by atoms with E-state index in [0.29, 0.717) is 24.9 Å². The van der Waals surface area contributed by atoms with E-state index in [0.717, 1.165) is 12.8 Å². The Morgan fingerprint density at radius 2 is 2.06 bits per heavy atom. The van der Waals surface area contributed by atoms with Crippen molar-refractivity contribution >= 4 is 17.7 Å². The summed E-state index contributed by atoms with van der Waals surface area (Å²) < 4.78 is 0. The second-order valence-electron chi connectivity index (χ2n) is 5.44. The molecule has 106 valence electrons. The van der Waals surface area contributed by atoms with E-state index >= 15 is 0 Å². The fraction of sp³-hybridized carbons (Fsp3) is 0.923. The van der Waals surface area contributed by atoms with Crippen molar-refractivity contribution in [2.24, 2.45) is 0 Å². The topological polar surface area (TPSA) is 61.4 Å². The van der Waals surface area contributed by atoms with Crippen LogP contribution < -0.4 is 10.6 Å². The van der Waals surface area contributed by atoms with Crippen molar-refractivity contribution in [3.8, 4) is 0 Å². The molecule has 0 aromatic carbocycles. The lowest BCUT2D eigenvalue weighted by Crippen LogP contribution is -2.46. The third-order valence-electron chi connectivity index (χ3n) is 3.22. The van der Waals surface area contributed by atoms with E-state index in [1.54, 1.807) is 18.7 Å². The third kappa shape index (κ3) is 6.61. The van der Waals surface area contributed by atoms with Crippen LogP contribution in [-0.4, -0.2) is 47.8 Å². The van der Waals surface area contributed by atoms with Crippen molar-refractivity contribution in [3.63, 3.8) is 0 Å². The Hall–Kier alpha value is -0.260. The van der Waals surface area contributed by atoms with Gasteiger partial charge in [0.2, 0.25) is 5.91 Å². The molecule has 0 saturated heterocycles. The molecular weight excluding hydrogens is 248 g/mol. The van der Waals surface area contributed by atoms with E-state index in [1.807, 2.05) is 6.26 Å². The number of hydrogen-bond donors (Lipinski definition) is 3. The standard InChI is InChI=1S/C13H26N2O2S/c1-13(17,10-18-2)9-14-8-12(16)15-11-6-4-3-5-7-11/h11,14,17H,3-10H2,1-2H3,(H,15,16). The number of carbonyl (C=O) groups excluding carboxylic acids is 1. The molecule has 1 rings (SSSR count). The minimum absolute atomic E-state index is 0.0434. The molecule has 1 unspecified atom stereocenters. The lowest BCUT2D eigenvalue weighted by molar-refractivity contribution is -0.121. The molecule has 0 radical (unpaired) electrons. The highest BCUT2D eigenvalue weighted by Gasteiger charge is 2.20. The Morgan fingerprint density at radius 3 is 2.67 bits per heavy atom. The number of hydrogen-bond acceptors (Lipinski definition) is 4. The van der Waals surface area contributed by atoms with Crippen LogP contribution in [0, 0.1) is 0 Å². The van der Waals surface area contributed by atoms with Crippen molar-refractivity contribution < 1.29 is 9.90 Å². The summed E-state index contributed by atoms with van der Waals surface area (Å²) in [5, 5.41) is 16.0. The van der Waals surface area contributed by atoms with E-state index in [4.69, 9.17) is 0 Å². The molecule has 4 nitrogen and oxygen atoms in total. The molecule has 3 N–H and O–H groups in total. The molecule has 0 aromatic heterocycles. The van der Waals surface area contributed by atoms with Crippen molar-refractivity contribution in [3.05, 3.63) is 0 Å². The Kier molecular flexibility index (Phi) is 7.04. The number of aliphatic hydroxyl groups is 1. The van der Waals surface area contributed by atoms with E-state index in [1.165, 1.54) is 19.3 Å². The summed E-state index contributed by atoms with van der Waals surface area (Å²) in [6.07, 6.45) is 7.92. The molecule has 1 saturated carbocycles. The van der Waals surface area contributed by atoms with Gasteiger partial charge in [-0.1, -0.05) is 19.3 Å². The molecule has 0 spiro atoms. The zero-order valence-corrected chi connectivity index (χ0v) is 12.3. The van der Waals surface area contributed by atoms with Crippen molar-refractivity contribution in [2.45, 2.75) is 50.7 Å². The van der Waals surface area contributed by atoms with Gasteiger partial charge in [0.1, 0.15) is 0 Å². The summed E-state index contributed by atoms with van der Waals surface area (Å²) in [5.41, 5.74) is -0.746. The lowest BCUT2D eigenvalue weighted by atomic mass is 9.95. The van der Waals surface area contributed by atoms with Crippen LogP contribution in [0.25, 0.3) is 0 Å². The van der Waals surface area contributed by atoms with Crippen LogP contribution in [0.2, 0.25) is 0 Å². The fourth-order valence-electron chi connectivity index (χ4n) is 2.33. The summed E-state index contributed by atoms with van der Waals surface area (Å²) in [5.74, 6) is 0.714. The van der Waals surface area contributed by atoms with Crippen molar-refractivity contribution in [2.75, 3.05) is 25.1 Å². The third-order valence-corrected chi connectivity index (χ3v) is 4.13. The first-order valence-electron chi connectivity index (χ1n) is 6.75. The second-order valence-corrected chi connectivity index (χ2v) is 6.30. The summed E-state index contributed by atoms with van der Waals surface area (Å²) in [6, 6.07) is 0.361. The van der Waals surface area contributed by atoms with Gasteiger partial charge in [0, 0.05) is 18.3 Å². The Bertz CT molecular complexity index is 253. The molecule has 0 bridgehead atoms. The van der Waals surface area contributed by atoms with Gasteiger partial charge < -0.3 is 15.7 Å². The maximum atomic E-state index is 11.7. The molecule has 1 amide bonds. The maximum absolute atomic E-state index is 11.7. The summed E-state index contributed by atoms with van der Waals surface area (Å²) in [4.78, 5) is 11.7. The largest absolute Gasteiger partial charge is 0.388 e. The van der Waals surface area contributed by atoms with Crippen LogP contribution in [0.3, 0.4) is 0 Å². The van der Waals surface area contributed by atoms with E-state index < -0.39 is 5.60 Å². The van der Waals surface area contributed by atoms with Gasteiger partial charge >= 0.3 is 0 Å². The van der Waals surface area contributed by atoms with Crippen LogP contribution in [0.1, 0.15) is 39.0 Å². The molecule has 1 atom stereocenters. The highest BCUT2D eigenvalue weighted by molar-refractivity contribution is 7.98. The van der Waals surface area contributed by atoms with Gasteiger partial charge in [0.05, 0.1) is 12.1 Å². The molecule has 5 heteroatoms. The second kappa shape index (κ2) is 8.02. The molecule has 1 aliphatic rings. The van der Waals surface area contributed by atoms with E-state index in [9.17, 15) is 9.90 Å². The van der Waals surface area contributed by atoms with E-state index in [-0.39, 0.29) is 5.91 Å². The molecule has 1 fully saturated rings. The minimum atomic E-state index is -0.746. The first kappa shape index (κ1) is 15.8. The molecule has 18 heavy (non-hydrogen) atoms. The highest BCUT2D eigenvalue weighted by Crippen LogP contribution is 2.17. The number of rotatable bonds is 7. The van der Waals surface area contributed by atoms with Gasteiger partial charge in [-0.25, -0.2) is 0 Å². The quantitative estimate of drug-likeness (QED) is 0.651. The van der Waals surface area contributed by atoms with Gasteiger partial charge in [-0.05, 0) is 26.0 Å². The molecule has 0 aromatic rings. The predicted octanol–water partition coefficient (Wildman–Crippen LogP) is 1.14. The zero-order chi connectivity index (χ0) is 13.4. The van der Waals surface area contributed by atoms with Crippen LogP contribution in [0.5, 0.6) is 0 Å². The van der Waals surface area contributed by atoms with Crippen molar-refractivity contribution in [1.82, 2.24) is 10.6 Å². The van der Waals surface area contributed by atoms with Crippen LogP contribution in [-0.2, 0) is 4.79 Å². The van der Waals surface area contributed by atoms with Crippen LogP contribution >= 0.6 is 11.8 Å². The van der Waals surface area contributed by atoms with Crippen LogP contribution in [0.4, 0.5) is 0 Å². The Morgan fingerprint density at radius 1 is 1.39 bits per heavy atom. The van der Waals surface area contributed by atoms with Gasteiger partial charge in [-0.2, -0.15) is 11.8 Å². The predicted molar refractivity (Wildman–Crippen MR) is 76.9 cm³/mol. The smallest absolute Gasteiger partial charge is 0.234 e. The van der Waals surface area contributed by atoms with Gasteiger partial charge in [0.15, 0.2) is 0 Å². The first-order chi connectivity index (χ1) is 8.53. The maximum Gasteiger partial charge on any atom is 0.234 e. The van der Waals surface area contributed by atoms with Crippen molar-refractivity contribution in [1.29, 1.82) is 0 Å². The lowest BCUT2D eigenvalue weighted by Gasteiger charge is -2.24. The number of nitrogens with one attached hydrogen (secondary N) is 2. The molecule has 0 aliphatic heterocycles. The number of thioether (sulfide) groups is 1. The summed E-state index contributed by atoms with van der Waals surface area (Å²) in [6.45, 7) is 2.53. The molecular formula is C13H26N2O2S. The van der Waals surface area contributed by atoms with Gasteiger partial charge in [-0.3, -0.25) is 4.79 Å². The first-order valence-corrected chi connectivity index (χ1v) is 8.14. The normalized spacial score (nSPS) is 20.4. The summed E-state index contributed by atoms with van der Waals surface area (Å²) in [7, 11) is 0.